The molecule has 1 heterocycles. The van der Waals surface area contributed by atoms with Crippen LogP contribution in [0.15, 0.2) is 16.5 Å². The Bertz CT molecular complexity index is 516. The molecular weight excluding hydrogens is 212 g/mol. The number of unbranched alkanes of at least 4 members (excludes halogenated alkanes) is 1. The van der Waals surface area contributed by atoms with Crippen molar-refractivity contribution < 1.29 is 4.42 Å². The van der Waals surface area contributed by atoms with Crippen LogP contribution in [0.5, 0.6) is 0 Å². The first kappa shape index (κ1) is 12.1. The Morgan fingerprint density at radius 1 is 1.35 bits per heavy atom. The minimum atomic E-state index is -0.0814. The maximum Gasteiger partial charge on any atom is 0.212 e. The van der Waals surface area contributed by atoms with E-state index in [1.807, 2.05) is 13.0 Å². The molecule has 0 saturated carbocycles. The van der Waals surface area contributed by atoms with Crippen LogP contribution in [0, 0.1) is 13.8 Å². The predicted octanol–water partition coefficient (Wildman–Crippen LogP) is 3.63. The second kappa shape index (κ2) is 4.88. The highest BCUT2D eigenvalue weighted by Gasteiger charge is 2.14. The van der Waals surface area contributed by atoms with Gasteiger partial charge in [-0.05, 0) is 37.5 Å². The van der Waals surface area contributed by atoms with Gasteiger partial charge in [0.15, 0.2) is 5.58 Å². The summed E-state index contributed by atoms with van der Waals surface area (Å²) in [6, 6.07) is 4.07. The van der Waals surface area contributed by atoms with Gasteiger partial charge in [0.25, 0.3) is 0 Å². The molecule has 92 valence electrons. The van der Waals surface area contributed by atoms with Gasteiger partial charge >= 0.3 is 0 Å². The Morgan fingerprint density at radius 2 is 2.12 bits per heavy atom. The highest BCUT2D eigenvalue weighted by atomic mass is 16.3. The van der Waals surface area contributed by atoms with Crippen molar-refractivity contribution in [2.75, 3.05) is 0 Å². The van der Waals surface area contributed by atoms with Gasteiger partial charge in [0.2, 0.25) is 5.89 Å². The van der Waals surface area contributed by atoms with Crippen LogP contribution in [0.4, 0.5) is 0 Å². The van der Waals surface area contributed by atoms with Crippen molar-refractivity contribution in [1.29, 1.82) is 0 Å². The number of hydrogen-bond donors (Lipinski definition) is 1. The minimum Gasteiger partial charge on any atom is -0.439 e. The van der Waals surface area contributed by atoms with Crippen molar-refractivity contribution in [1.82, 2.24) is 4.98 Å². The number of rotatable bonds is 4. The van der Waals surface area contributed by atoms with E-state index in [4.69, 9.17) is 10.2 Å². The number of benzene rings is 1. The van der Waals surface area contributed by atoms with Gasteiger partial charge in [0.05, 0.1) is 6.04 Å². The third-order valence-corrected chi connectivity index (χ3v) is 3.02. The van der Waals surface area contributed by atoms with E-state index in [2.05, 4.69) is 24.9 Å². The molecule has 0 aliphatic rings. The second-order valence-electron chi connectivity index (χ2n) is 4.73. The van der Waals surface area contributed by atoms with Crippen LogP contribution >= 0.6 is 0 Å². The lowest BCUT2D eigenvalue weighted by Gasteiger charge is -2.04. The fourth-order valence-electron chi connectivity index (χ4n) is 2.10. The summed E-state index contributed by atoms with van der Waals surface area (Å²) in [6.07, 6.45) is 3.19. The molecule has 2 aromatic rings. The summed E-state index contributed by atoms with van der Waals surface area (Å²) in [6.45, 7) is 6.27. The van der Waals surface area contributed by atoms with Crippen molar-refractivity contribution in [3.8, 4) is 0 Å². The molecule has 0 saturated heterocycles. The lowest BCUT2D eigenvalue weighted by atomic mass is 10.1. The van der Waals surface area contributed by atoms with E-state index < -0.39 is 0 Å². The van der Waals surface area contributed by atoms with Gasteiger partial charge in [0, 0.05) is 0 Å². The fourth-order valence-corrected chi connectivity index (χ4v) is 2.10. The summed E-state index contributed by atoms with van der Waals surface area (Å²) in [5.41, 5.74) is 10.2. The molecule has 0 bridgehead atoms. The molecule has 2 rings (SSSR count). The van der Waals surface area contributed by atoms with Crippen LogP contribution in [-0.2, 0) is 0 Å². The smallest absolute Gasteiger partial charge is 0.212 e. The molecule has 3 heteroatoms. The predicted molar refractivity (Wildman–Crippen MR) is 69.9 cm³/mol. The average molecular weight is 232 g/mol. The summed E-state index contributed by atoms with van der Waals surface area (Å²) in [4.78, 5) is 4.50. The molecule has 3 nitrogen and oxygen atoms in total. The van der Waals surface area contributed by atoms with Crippen LogP contribution in [0.1, 0.15) is 49.2 Å². The maximum atomic E-state index is 6.08. The fraction of sp³-hybridized carbons (Fsp3) is 0.500. The van der Waals surface area contributed by atoms with E-state index >= 15 is 0 Å². The van der Waals surface area contributed by atoms with Crippen LogP contribution in [0.25, 0.3) is 11.1 Å². The number of nitrogens with zero attached hydrogens (tertiary/aromatic N) is 1. The molecule has 0 amide bonds. The van der Waals surface area contributed by atoms with Crippen LogP contribution in [0.3, 0.4) is 0 Å². The van der Waals surface area contributed by atoms with Gasteiger partial charge in [-0.3, -0.25) is 0 Å². The van der Waals surface area contributed by atoms with Crippen molar-refractivity contribution in [3.63, 3.8) is 0 Å². The first-order chi connectivity index (χ1) is 8.11. The molecule has 1 aromatic heterocycles. The van der Waals surface area contributed by atoms with E-state index in [1.54, 1.807) is 0 Å². The monoisotopic (exact) mass is 232 g/mol. The first-order valence-corrected chi connectivity index (χ1v) is 6.25. The van der Waals surface area contributed by atoms with E-state index in [0.717, 1.165) is 35.9 Å². The van der Waals surface area contributed by atoms with E-state index in [0.29, 0.717) is 5.89 Å². The van der Waals surface area contributed by atoms with Crippen LogP contribution in [-0.4, -0.2) is 4.98 Å². The van der Waals surface area contributed by atoms with E-state index in [1.165, 1.54) is 5.56 Å². The Labute approximate surface area is 102 Å². The molecule has 1 atom stereocenters. The summed E-state index contributed by atoms with van der Waals surface area (Å²) in [7, 11) is 0. The summed E-state index contributed by atoms with van der Waals surface area (Å²) in [5.74, 6) is 0.669. The first-order valence-electron chi connectivity index (χ1n) is 6.25. The number of oxazole rings is 1. The number of hydrogen-bond acceptors (Lipinski definition) is 3. The van der Waals surface area contributed by atoms with Crippen LogP contribution in [0.2, 0.25) is 0 Å². The Balaban J connectivity index is 2.34. The zero-order valence-electron chi connectivity index (χ0n) is 10.8. The van der Waals surface area contributed by atoms with Crippen molar-refractivity contribution in [2.45, 2.75) is 46.1 Å². The molecule has 0 fully saturated rings. The Morgan fingerprint density at radius 3 is 2.82 bits per heavy atom. The molecule has 0 spiro atoms. The van der Waals surface area contributed by atoms with Crippen molar-refractivity contribution in [2.24, 2.45) is 5.73 Å². The lowest BCUT2D eigenvalue weighted by molar-refractivity contribution is 0.449. The number of fused-ring (bicyclic) bond motifs is 1. The van der Waals surface area contributed by atoms with Gasteiger partial charge in [-0.25, -0.2) is 4.98 Å². The third-order valence-electron chi connectivity index (χ3n) is 3.02. The van der Waals surface area contributed by atoms with Gasteiger partial charge in [0.1, 0.15) is 5.52 Å². The molecule has 1 unspecified atom stereocenters. The standard InChI is InChI=1S/C14H20N2O/c1-4-5-6-11(15)14-16-12-8-9(2)7-10(3)13(12)17-14/h7-8,11H,4-6,15H2,1-3H3. The summed E-state index contributed by atoms with van der Waals surface area (Å²) in [5, 5.41) is 0. The molecule has 0 aliphatic carbocycles. The van der Waals surface area contributed by atoms with Gasteiger partial charge < -0.3 is 10.2 Å². The van der Waals surface area contributed by atoms with E-state index in [-0.39, 0.29) is 6.04 Å². The SMILES string of the molecule is CCCCC(N)c1nc2cc(C)cc(C)c2o1. The Kier molecular flexibility index (Phi) is 3.48. The third kappa shape index (κ3) is 2.50. The zero-order chi connectivity index (χ0) is 12.4. The largest absolute Gasteiger partial charge is 0.439 e. The van der Waals surface area contributed by atoms with Gasteiger partial charge in [-0.2, -0.15) is 0 Å². The minimum absolute atomic E-state index is 0.0814. The van der Waals surface area contributed by atoms with Gasteiger partial charge in [-0.15, -0.1) is 0 Å². The lowest BCUT2D eigenvalue weighted by Crippen LogP contribution is -2.10. The van der Waals surface area contributed by atoms with Gasteiger partial charge in [-0.1, -0.05) is 25.8 Å². The highest BCUT2D eigenvalue weighted by molar-refractivity contribution is 5.77. The number of aromatic nitrogens is 1. The number of aryl methyl sites for hydroxylation is 2. The molecule has 0 radical (unpaired) electrons. The summed E-state index contributed by atoms with van der Waals surface area (Å²) < 4.78 is 5.78. The summed E-state index contributed by atoms with van der Waals surface area (Å²) >= 11 is 0. The molecule has 17 heavy (non-hydrogen) atoms. The van der Waals surface area contributed by atoms with Crippen molar-refractivity contribution in [3.05, 3.63) is 29.2 Å². The second-order valence-corrected chi connectivity index (χ2v) is 4.73. The normalized spacial score (nSPS) is 13.2. The maximum absolute atomic E-state index is 6.08. The molecule has 0 aliphatic heterocycles. The topological polar surface area (TPSA) is 52.0 Å². The van der Waals surface area contributed by atoms with Crippen LogP contribution < -0.4 is 5.73 Å². The van der Waals surface area contributed by atoms with Crippen molar-refractivity contribution >= 4 is 11.1 Å². The molecular formula is C14H20N2O. The quantitative estimate of drug-likeness (QED) is 0.875. The molecule has 1 aromatic carbocycles. The number of nitrogens with two attached hydrogens (primary N) is 1. The highest BCUT2D eigenvalue weighted by Crippen LogP contribution is 2.25. The van der Waals surface area contributed by atoms with E-state index in [9.17, 15) is 0 Å². The average Bonchev–Trinajstić information content (AvgIpc) is 2.69. The zero-order valence-corrected chi connectivity index (χ0v) is 10.8. The molecule has 2 N–H and O–H groups in total. The Hall–Kier alpha value is -1.35.